The van der Waals surface area contributed by atoms with Gasteiger partial charge in [0.2, 0.25) is 10.0 Å². The summed E-state index contributed by atoms with van der Waals surface area (Å²) in [5.74, 6) is -0.155. The van der Waals surface area contributed by atoms with Gasteiger partial charge in [-0.1, -0.05) is 31.2 Å². The number of amides is 1. The van der Waals surface area contributed by atoms with Crippen molar-refractivity contribution in [3.8, 4) is 5.75 Å². The largest absolute Gasteiger partial charge is 0.496 e. The fourth-order valence-corrected chi connectivity index (χ4v) is 3.44. The highest BCUT2D eigenvalue weighted by molar-refractivity contribution is 7.89. The van der Waals surface area contributed by atoms with Crippen molar-refractivity contribution in [2.75, 3.05) is 27.7 Å². The zero-order chi connectivity index (χ0) is 20.9. The van der Waals surface area contributed by atoms with Crippen LogP contribution >= 0.6 is 0 Å². The van der Waals surface area contributed by atoms with Crippen molar-refractivity contribution < 1.29 is 17.9 Å². The van der Waals surface area contributed by atoms with Crippen molar-refractivity contribution >= 4 is 15.9 Å². The Bertz CT molecular complexity index is 925. The topological polar surface area (TPSA) is 102 Å². The Kier molecular flexibility index (Phi) is 7.17. The first-order valence-corrected chi connectivity index (χ1v) is 10.5. The summed E-state index contributed by atoms with van der Waals surface area (Å²) in [4.78, 5) is 14.6. The number of ether oxygens (including phenoxy) is 1. The lowest BCUT2D eigenvalue weighted by atomic mass is 10.0. The molecule has 2 aromatic rings. The highest BCUT2D eigenvalue weighted by Crippen LogP contribution is 2.23. The van der Waals surface area contributed by atoms with Crippen LogP contribution in [-0.2, 0) is 16.4 Å². The summed E-state index contributed by atoms with van der Waals surface area (Å²) < 4.78 is 28.4. The van der Waals surface area contributed by atoms with E-state index in [0.717, 1.165) is 12.0 Å². The van der Waals surface area contributed by atoms with Gasteiger partial charge in [-0.25, -0.2) is 13.6 Å². The predicted octanol–water partition coefficient (Wildman–Crippen LogP) is 1.94. The standard InChI is InChI=1S/C20H27N3O4S/c1-5-14-6-8-15(9-7-14)18(23(2)3)13-22-20(24)17-12-16(28(21,25)26)10-11-19(17)27-4/h6-12,18H,5,13H2,1-4H3,(H,22,24)(H2,21,25,26)/t18-/m0/s1. The van der Waals surface area contributed by atoms with E-state index in [9.17, 15) is 13.2 Å². The lowest BCUT2D eigenvalue weighted by Gasteiger charge is -2.25. The zero-order valence-electron chi connectivity index (χ0n) is 16.6. The molecule has 0 radical (unpaired) electrons. The van der Waals surface area contributed by atoms with Gasteiger partial charge in [0, 0.05) is 6.54 Å². The molecule has 0 fully saturated rings. The summed E-state index contributed by atoms with van der Waals surface area (Å²) in [5.41, 5.74) is 2.44. The lowest BCUT2D eigenvalue weighted by molar-refractivity contribution is 0.0938. The molecule has 2 aromatic carbocycles. The molecule has 1 amide bonds. The molecular formula is C20H27N3O4S. The second kappa shape index (κ2) is 9.18. The summed E-state index contributed by atoms with van der Waals surface area (Å²) in [5, 5.41) is 8.04. The van der Waals surface area contributed by atoms with Gasteiger partial charge in [0.25, 0.3) is 5.91 Å². The number of primary sulfonamides is 1. The lowest BCUT2D eigenvalue weighted by Crippen LogP contribution is -2.34. The van der Waals surface area contributed by atoms with E-state index in [4.69, 9.17) is 9.88 Å². The third-order valence-corrected chi connectivity index (χ3v) is 5.51. The van der Waals surface area contributed by atoms with Crippen LogP contribution in [0.1, 0.15) is 34.5 Å². The summed E-state index contributed by atoms with van der Waals surface area (Å²) in [6, 6.07) is 12.2. The van der Waals surface area contributed by atoms with Crippen LogP contribution in [0.3, 0.4) is 0 Å². The number of carbonyl (C=O) groups excluding carboxylic acids is 1. The van der Waals surface area contributed by atoms with Gasteiger partial charge < -0.3 is 15.0 Å². The number of likely N-dealkylation sites (N-methyl/N-ethyl adjacent to an activating group) is 1. The van der Waals surface area contributed by atoms with Crippen LogP contribution in [-0.4, -0.2) is 47.0 Å². The number of methoxy groups -OCH3 is 1. The van der Waals surface area contributed by atoms with Crippen LogP contribution in [0.4, 0.5) is 0 Å². The number of aryl methyl sites for hydroxylation is 1. The number of nitrogens with zero attached hydrogens (tertiary/aromatic N) is 1. The Labute approximate surface area is 166 Å². The van der Waals surface area contributed by atoms with Gasteiger partial charge in [0.1, 0.15) is 5.75 Å². The van der Waals surface area contributed by atoms with E-state index >= 15 is 0 Å². The Balaban J connectivity index is 2.22. The Morgan fingerprint density at radius 2 is 1.82 bits per heavy atom. The molecule has 0 saturated heterocycles. The molecule has 0 unspecified atom stereocenters. The fraction of sp³-hybridized carbons (Fsp3) is 0.350. The molecule has 152 valence electrons. The Hall–Kier alpha value is -2.42. The second-order valence-electron chi connectivity index (χ2n) is 6.69. The summed E-state index contributed by atoms with van der Waals surface area (Å²) in [7, 11) is 1.37. The highest BCUT2D eigenvalue weighted by atomic mass is 32.2. The summed E-state index contributed by atoms with van der Waals surface area (Å²) in [6.45, 7) is 2.45. The zero-order valence-corrected chi connectivity index (χ0v) is 17.4. The molecule has 0 spiro atoms. The molecule has 0 heterocycles. The van der Waals surface area contributed by atoms with E-state index in [1.165, 1.54) is 30.9 Å². The first-order chi connectivity index (χ1) is 13.2. The van der Waals surface area contributed by atoms with Gasteiger partial charge in [-0.05, 0) is 49.8 Å². The van der Waals surface area contributed by atoms with Crippen molar-refractivity contribution in [1.29, 1.82) is 0 Å². The second-order valence-corrected chi connectivity index (χ2v) is 8.25. The van der Waals surface area contributed by atoms with E-state index in [1.54, 1.807) is 0 Å². The summed E-state index contributed by atoms with van der Waals surface area (Å²) >= 11 is 0. The van der Waals surface area contributed by atoms with Crippen molar-refractivity contribution in [2.45, 2.75) is 24.3 Å². The van der Waals surface area contributed by atoms with Crippen molar-refractivity contribution in [3.63, 3.8) is 0 Å². The highest BCUT2D eigenvalue weighted by Gasteiger charge is 2.20. The predicted molar refractivity (Wildman–Crippen MR) is 109 cm³/mol. The summed E-state index contributed by atoms with van der Waals surface area (Å²) in [6.07, 6.45) is 0.962. The molecule has 3 N–H and O–H groups in total. The van der Waals surface area contributed by atoms with E-state index in [0.29, 0.717) is 6.54 Å². The van der Waals surface area contributed by atoms with Crippen LogP contribution in [0.5, 0.6) is 5.75 Å². The number of nitrogens with one attached hydrogen (secondary N) is 1. The fourth-order valence-electron chi connectivity index (χ4n) is 2.90. The maximum absolute atomic E-state index is 12.7. The van der Waals surface area contributed by atoms with Gasteiger partial charge in [-0.2, -0.15) is 0 Å². The first-order valence-electron chi connectivity index (χ1n) is 8.91. The molecule has 0 aromatic heterocycles. The van der Waals surface area contributed by atoms with Crippen LogP contribution in [0.15, 0.2) is 47.4 Å². The average molecular weight is 406 g/mol. The molecular weight excluding hydrogens is 378 g/mol. The molecule has 28 heavy (non-hydrogen) atoms. The van der Waals surface area contributed by atoms with Gasteiger partial charge >= 0.3 is 0 Å². The van der Waals surface area contributed by atoms with Gasteiger partial charge in [0.05, 0.1) is 23.6 Å². The Morgan fingerprint density at radius 1 is 1.18 bits per heavy atom. The molecule has 8 heteroatoms. The maximum atomic E-state index is 12.7. The molecule has 7 nitrogen and oxygen atoms in total. The Morgan fingerprint density at radius 3 is 2.32 bits per heavy atom. The minimum Gasteiger partial charge on any atom is -0.496 e. The number of hydrogen-bond acceptors (Lipinski definition) is 5. The third kappa shape index (κ3) is 5.31. The van der Waals surface area contributed by atoms with E-state index < -0.39 is 15.9 Å². The van der Waals surface area contributed by atoms with E-state index in [-0.39, 0.29) is 22.3 Å². The minimum absolute atomic E-state index is 0.0396. The van der Waals surface area contributed by atoms with Gasteiger partial charge in [0.15, 0.2) is 0 Å². The normalized spacial score (nSPS) is 12.6. The molecule has 2 rings (SSSR count). The van der Waals surface area contributed by atoms with E-state index in [2.05, 4.69) is 36.5 Å². The van der Waals surface area contributed by atoms with Crippen LogP contribution in [0, 0.1) is 0 Å². The molecule has 0 bridgehead atoms. The maximum Gasteiger partial charge on any atom is 0.255 e. The first kappa shape index (κ1) is 21.9. The van der Waals surface area contributed by atoms with Gasteiger partial charge in [-0.3, -0.25) is 4.79 Å². The van der Waals surface area contributed by atoms with Crippen molar-refractivity contribution in [1.82, 2.24) is 10.2 Å². The van der Waals surface area contributed by atoms with Crippen LogP contribution in [0.2, 0.25) is 0 Å². The van der Waals surface area contributed by atoms with Crippen molar-refractivity contribution in [3.05, 3.63) is 59.2 Å². The molecule has 1 atom stereocenters. The smallest absolute Gasteiger partial charge is 0.255 e. The van der Waals surface area contributed by atoms with Crippen LogP contribution < -0.4 is 15.2 Å². The molecule has 0 aliphatic carbocycles. The quantitative estimate of drug-likeness (QED) is 0.699. The monoisotopic (exact) mass is 405 g/mol. The molecule has 0 aliphatic rings. The number of carbonyl (C=O) groups is 1. The number of hydrogen-bond donors (Lipinski definition) is 2. The molecule has 0 aliphatic heterocycles. The van der Waals surface area contributed by atoms with Crippen LogP contribution in [0.25, 0.3) is 0 Å². The third-order valence-electron chi connectivity index (χ3n) is 4.60. The number of nitrogens with two attached hydrogens (primary N) is 1. The minimum atomic E-state index is -3.92. The van der Waals surface area contributed by atoms with E-state index in [1.807, 2.05) is 19.0 Å². The SMILES string of the molecule is CCc1ccc([C@H](CNC(=O)c2cc(S(N)(=O)=O)ccc2OC)N(C)C)cc1. The molecule has 0 saturated carbocycles. The number of rotatable bonds is 8. The van der Waals surface area contributed by atoms with Crippen molar-refractivity contribution in [2.24, 2.45) is 5.14 Å². The number of sulfonamides is 1. The average Bonchev–Trinajstić information content (AvgIpc) is 2.67. The number of benzene rings is 2. The van der Waals surface area contributed by atoms with Gasteiger partial charge in [-0.15, -0.1) is 0 Å².